The molecule has 0 fully saturated rings. The van der Waals surface area contributed by atoms with Crippen molar-refractivity contribution in [3.05, 3.63) is 42.7 Å². The first kappa shape index (κ1) is 12.1. The van der Waals surface area contributed by atoms with Gasteiger partial charge in [0, 0.05) is 25.1 Å². The lowest BCUT2D eigenvalue weighted by molar-refractivity contribution is 0.0685. The van der Waals surface area contributed by atoms with Crippen molar-refractivity contribution in [1.29, 1.82) is 0 Å². The fourth-order valence-corrected chi connectivity index (χ4v) is 1.52. The molecule has 2 aromatic rings. The van der Waals surface area contributed by atoms with Gasteiger partial charge in [-0.2, -0.15) is 0 Å². The standard InChI is InChI=1S/C12H13N3O3/c16-12(17)11-10(3-1-4-14-11)18-8-2-6-15-7-5-13-9-15/h1,3-5,7,9H,2,6,8H2,(H,16,17). The van der Waals surface area contributed by atoms with Gasteiger partial charge in [0.25, 0.3) is 0 Å². The van der Waals surface area contributed by atoms with Crippen molar-refractivity contribution >= 4 is 5.97 Å². The number of ether oxygens (including phenoxy) is 1. The van der Waals surface area contributed by atoms with Crippen LogP contribution in [0.2, 0.25) is 0 Å². The average molecular weight is 247 g/mol. The van der Waals surface area contributed by atoms with E-state index in [1.54, 1.807) is 24.7 Å². The molecule has 0 aliphatic carbocycles. The van der Waals surface area contributed by atoms with E-state index in [1.807, 2.05) is 10.8 Å². The molecule has 2 rings (SSSR count). The Balaban J connectivity index is 1.85. The highest BCUT2D eigenvalue weighted by Gasteiger charge is 2.11. The summed E-state index contributed by atoms with van der Waals surface area (Å²) in [5, 5.41) is 8.92. The number of carbonyl (C=O) groups is 1. The third-order valence-electron chi connectivity index (χ3n) is 2.35. The minimum atomic E-state index is -1.08. The van der Waals surface area contributed by atoms with E-state index in [0.29, 0.717) is 12.4 Å². The lowest BCUT2D eigenvalue weighted by Gasteiger charge is -2.08. The largest absolute Gasteiger partial charge is 0.491 e. The molecule has 1 N–H and O–H groups in total. The van der Waals surface area contributed by atoms with Gasteiger partial charge in [0.1, 0.15) is 0 Å². The zero-order valence-electron chi connectivity index (χ0n) is 9.69. The van der Waals surface area contributed by atoms with Crippen molar-refractivity contribution in [2.75, 3.05) is 6.61 Å². The summed E-state index contributed by atoms with van der Waals surface area (Å²) < 4.78 is 7.35. The van der Waals surface area contributed by atoms with Crippen molar-refractivity contribution < 1.29 is 14.6 Å². The van der Waals surface area contributed by atoms with Crippen LogP contribution < -0.4 is 4.74 Å². The summed E-state index contributed by atoms with van der Waals surface area (Å²) in [6, 6.07) is 3.26. The molecule has 0 atom stereocenters. The normalized spacial score (nSPS) is 10.2. The summed E-state index contributed by atoms with van der Waals surface area (Å²) in [4.78, 5) is 18.6. The SMILES string of the molecule is O=C(O)c1ncccc1OCCCn1ccnc1. The molecule has 2 aromatic heterocycles. The van der Waals surface area contributed by atoms with Gasteiger partial charge in [0.05, 0.1) is 12.9 Å². The van der Waals surface area contributed by atoms with Crippen LogP contribution in [0.25, 0.3) is 0 Å². The van der Waals surface area contributed by atoms with Crippen LogP contribution in [-0.4, -0.2) is 32.2 Å². The third-order valence-corrected chi connectivity index (χ3v) is 2.35. The molecule has 0 aliphatic rings. The van der Waals surface area contributed by atoms with Gasteiger partial charge in [-0.1, -0.05) is 0 Å². The zero-order valence-corrected chi connectivity index (χ0v) is 9.69. The molecule has 0 saturated heterocycles. The van der Waals surface area contributed by atoms with Crippen molar-refractivity contribution in [2.24, 2.45) is 0 Å². The van der Waals surface area contributed by atoms with E-state index in [0.717, 1.165) is 13.0 Å². The van der Waals surface area contributed by atoms with Crippen molar-refractivity contribution in [3.8, 4) is 5.75 Å². The topological polar surface area (TPSA) is 77.2 Å². The quantitative estimate of drug-likeness (QED) is 0.781. The summed E-state index contributed by atoms with van der Waals surface area (Å²) in [6.07, 6.45) is 7.51. The number of aryl methyl sites for hydroxylation is 1. The lowest BCUT2D eigenvalue weighted by atomic mass is 10.3. The number of rotatable bonds is 6. The predicted molar refractivity (Wildman–Crippen MR) is 63.5 cm³/mol. The van der Waals surface area contributed by atoms with Gasteiger partial charge >= 0.3 is 5.97 Å². The van der Waals surface area contributed by atoms with E-state index in [4.69, 9.17) is 9.84 Å². The number of hydrogen-bond donors (Lipinski definition) is 1. The molecule has 0 amide bonds. The second kappa shape index (κ2) is 5.81. The molecule has 0 radical (unpaired) electrons. The molecule has 94 valence electrons. The fraction of sp³-hybridized carbons (Fsp3) is 0.250. The number of aromatic carboxylic acids is 1. The van der Waals surface area contributed by atoms with Crippen LogP contribution >= 0.6 is 0 Å². The number of nitrogens with zero attached hydrogens (tertiary/aromatic N) is 3. The van der Waals surface area contributed by atoms with Gasteiger partial charge in [-0.15, -0.1) is 0 Å². The van der Waals surface area contributed by atoms with E-state index >= 15 is 0 Å². The fourth-order valence-electron chi connectivity index (χ4n) is 1.52. The monoisotopic (exact) mass is 247 g/mol. The molecule has 6 nitrogen and oxygen atoms in total. The molecule has 0 unspecified atom stereocenters. The third kappa shape index (κ3) is 3.07. The smallest absolute Gasteiger partial charge is 0.358 e. The Hall–Kier alpha value is -2.37. The van der Waals surface area contributed by atoms with Crippen LogP contribution in [0.4, 0.5) is 0 Å². The van der Waals surface area contributed by atoms with Crippen LogP contribution in [0.1, 0.15) is 16.9 Å². The lowest BCUT2D eigenvalue weighted by Crippen LogP contribution is -2.08. The van der Waals surface area contributed by atoms with Gasteiger partial charge < -0.3 is 14.4 Å². The van der Waals surface area contributed by atoms with Crippen molar-refractivity contribution in [1.82, 2.24) is 14.5 Å². The van der Waals surface area contributed by atoms with Gasteiger partial charge in [0.2, 0.25) is 0 Å². The first-order valence-corrected chi connectivity index (χ1v) is 5.54. The number of carboxylic acid groups (broad SMARTS) is 1. The molecular formula is C12H13N3O3. The van der Waals surface area contributed by atoms with Crippen LogP contribution in [0.15, 0.2) is 37.1 Å². The van der Waals surface area contributed by atoms with Gasteiger partial charge in [0.15, 0.2) is 11.4 Å². The maximum atomic E-state index is 10.9. The Labute approximate surface area is 104 Å². The van der Waals surface area contributed by atoms with Gasteiger partial charge in [-0.05, 0) is 18.6 Å². The molecule has 6 heteroatoms. The Morgan fingerprint density at radius 3 is 3.06 bits per heavy atom. The number of hydrogen-bond acceptors (Lipinski definition) is 4. The van der Waals surface area contributed by atoms with Crippen LogP contribution in [0.3, 0.4) is 0 Å². The Kier molecular flexibility index (Phi) is 3.90. The first-order valence-electron chi connectivity index (χ1n) is 5.54. The maximum Gasteiger partial charge on any atom is 0.358 e. The Morgan fingerprint density at radius 2 is 2.33 bits per heavy atom. The van der Waals surface area contributed by atoms with Crippen molar-refractivity contribution in [3.63, 3.8) is 0 Å². The first-order chi connectivity index (χ1) is 8.77. The molecule has 0 saturated carbocycles. The van der Waals surface area contributed by atoms with Crippen LogP contribution in [-0.2, 0) is 6.54 Å². The summed E-state index contributed by atoms with van der Waals surface area (Å²) in [5.41, 5.74) is -0.0554. The second-order valence-corrected chi connectivity index (χ2v) is 3.66. The Morgan fingerprint density at radius 1 is 1.44 bits per heavy atom. The highest BCUT2D eigenvalue weighted by atomic mass is 16.5. The predicted octanol–water partition coefficient (Wildman–Crippen LogP) is 1.45. The minimum absolute atomic E-state index is 0.0554. The van der Waals surface area contributed by atoms with E-state index in [2.05, 4.69) is 9.97 Å². The van der Waals surface area contributed by atoms with Gasteiger partial charge in [-0.3, -0.25) is 0 Å². The number of imidazole rings is 1. The van der Waals surface area contributed by atoms with Crippen LogP contribution in [0, 0.1) is 0 Å². The van der Waals surface area contributed by atoms with E-state index in [9.17, 15) is 4.79 Å². The maximum absolute atomic E-state index is 10.9. The molecule has 0 aromatic carbocycles. The van der Waals surface area contributed by atoms with Gasteiger partial charge in [-0.25, -0.2) is 14.8 Å². The average Bonchev–Trinajstić information content (AvgIpc) is 2.88. The molecular weight excluding hydrogens is 234 g/mol. The summed E-state index contributed by atoms with van der Waals surface area (Å²) in [6.45, 7) is 1.22. The Bertz CT molecular complexity index is 511. The van der Waals surface area contributed by atoms with E-state index in [1.165, 1.54) is 6.20 Å². The van der Waals surface area contributed by atoms with E-state index < -0.39 is 5.97 Å². The van der Waals surface area contributed by atoms with Crippen molar-refractivity contribution in [2.45, 2.75) is 13.0 Å². The molecule has 0 spiro atoms. The van der Waals surface area contributed by atoms with Crippen LogP contribution in [0.5, 0.6) is 5.75 Å². The van der Waals surface area contributed by atoms with E-state index in [-0.39, 0.29) is 5.69 Å². The number of pyridine rings is 1. The molecule has 0 aliphatic heterocycles. The zero-order chi connectivity index (χ0) is 12.8. The summed E-state index contributed by atoms with van der Waals surface area (Å²) >= 11 is 0. The molecule has 0 bridgehead atoms. The number of aromatic nitrogens is 3. The molecule has 2 heterocycles. The highest BCUT2D eigenvalue weighted by Crippen LogP contribution is 2.15. The second-order valence-electron chi connectivity index (χ2n) is 3.66. The number of carboxylic acids is 1. The highest BCUT2D eigenvalue weighted by molar-refractivity contribution is 5.88. The summed E-state index contributed by atoms with van der Waals surface area (Å²) in [7, 11) is 0. The molecule has 18 heavy (non-hydrogen) atoms. The minimum Gasteiger partial charge on any atom is -0.491 e. The summed E-state index contributed by atoms with van der Waals surface area (Å²) in [5.74, 6) is -0.782.